The summed E-state index contributed by atoms with van der Waals surface area (Å²) in [5.74, 6) is 2.58. The van der Waals surface area contributed by atoms with Crippen molar-refractivity contribution in [1.29, 1.82) is 0 Å². The van der Waals surface area contributed by atoms with E-state index in [0.717, 1.165) is 11.5 Å². The van der Waals surface area contributed by atoms with E-state index in [9.17, 15) is 0 Å². The molecule has 1 N–H and O–H groups in total. The van der Waals surface area contributed by atoms with Gasteiger partial charge in [-0.2, -0.15) is 0 Å². The van der Waals surface area contributed by atoms with E-state index in [-0.39, 0.29) is 0 Å². The Kier molecular flexibility index (Phi) is 2.49. The number of aliphatic imine (C=N–C) groups is 1. The molecular weight excluding hydrogens is 196 g/mol. The van der Waals surface area contributed by atoms with Crippen molar-refractivity contribution >= 4 is 18.0 Å². The second kappa shape index (κ2) is 3.95. The molecule has 2 aromatic heterocycles. The fraction of sp³-hybridized carbons (Fsp3) is 0.222. The lowest BCUT2D eigenvalue weighted by atomic mass is 10.5. The maximum absolute atomic E-state index is 4.86. The van der Waals surface area contributed by atoms with Crippen LogP contribution in [0.3, 0.4) is 0 Å². The Morgan fingerprint density at radius 1 is 1.20 bits per heavy atom. The van der Waals surface area contributed by atoms with Crippen molar-refractivity contribution in [3.05, 3.63) is 23.7 Å². The van der Waals surface area contributed by atoms with Crippen LogP contribution in [0.2, 0.25) is 0 Å². The molecule has 15 heavy (non-hydrogen) atoms. The lowest BCUT2D eigenvalue weighted by Gasteiger charge is -1.88. The highest BCUT2D eigenvalue weighted by molar-refractivity contribution is 5.75. The maximum atomic E-state index is 4.86. The molecule has 0 saturated carbocycles. The Hall–Kier alpha value is -2.11. The zero-order valence-electron chi connectivity index (χ0n) is 8.39. The first-order valence-corrected chi connectivity index (χ1v) is 4.40. The molecule has 0 atom stereocenters. The minimum absolute atomic E-state index is 0.514. The largest absolute Gasteiger partial charge is 0.360 e. The third-order valence-corrected chi connectivity index (χ3v) is 1.65. The van der Waals surface area contributed by atoms with Gasteiger partial charge in [-0.3, -0.25) is 0 Å². The van der Waals surface area contributed by atoms with Gasteiger partial charge in [0.15, 0.2) is 11.6 Å². The summed E-state index contributed by atoms with van der Waals surface area (Å²) >= 11 is 0. The summed E-state index contributed by atoms with van der Waals surface area (Å²) in [5.41, 5.74) is 0. The molecule has 0 saturated heterocycles. The van der Waals surface area contributed by atoms with Crippen LogP contribution < -0.4 is 5.32 Å². The average Bonchev–Trinajstić information content (AvgIpc) is 2.76. The standard InChI is InChI=1S/C9H10N4O2/c1-6-3-8(12-14-6)10-5-11-9-4-7(2)15-13-9/h3-5H,1-2H3,(H,10,11,12,13). The Labute approximate surface area is 86.0 Å². The minimum atomic E-state index is 0.514. The van der Waals surface area contributed by atoms with Gasteiger partial charge in [-0.25, -0.2) is 4.99 Å². The number of nitrogens with zero attached hydrogens (tertiary/aromatic N) is 3. The molecule has 2 rings (SSSR count). The molecular formula is C9H10N4O2. The fourth-order valence-electron chi connectivity index (χ4n) is 1.01. The van der Waals surface area contributed by atoms with Gasteiger partial charge < -0.3 is 14.4 Å². The Morgan fingerprint density at radius 2 is 1.93 bits per heavy atom. The van der Waals surface area contributed by atoms with Gasteiger partial charge in [-0.15, -0.1) is 0 Å². The fourth-order valence-corrected chi connectivity index (χ4v) is 1.01. The lowest BCUT2D eigenvalue weighted by molar-refractivity contribution is 0.399. The second-order valence-electron chi connectivity index (χ2n) is 3.02. The third-order valence-electron chi connectivity index (χ3n) is 1.65. The van der Waals surface area contributed by atoms with Crippen molar-refractivity contribution in [2.24, 2.45) is 4.99 Å². The molecule has 0 spiro atoms. The molecule has 0 fully saturated rings. The number of aromatic nitrogens is 2. The molecule has 0 radical (unpaired) electrons. The molecule has 0 unspecified atom stereocenters. The van der Waals surface area contributed by atoms with E-state index in [1.165, 1.54) is 6.34 Å². The Bertz CT molecular complexity index is 472. The average molecular weight is 206 g/mol. The first kappa shape index (κ1) is 9.45. The molecule has 0 aliphatic carbocycles. The predicted molar refractivity (Wildman–Crippen MR) is 54.3 cm³/mol. The SMILES string of the molecule is Cc1cc(N=CNc2cc(C)on2)no1. The summed E-state index contributed by atoms with van der Waals surface area (Å²) < 4.78 is 9.71. The molecule has 6 heteroatoms. The van der Waals surface area contributed by atoms with Gasteiger partial charge in [0.05, 0.1) is 6.34 Å². The number of anilines is 1. The van der Waals surface area contributed by atoms with Gasteiger partial charge in [0, 0.05) is 12.1 Å². The van der Waals surface area contributed by atoms with Crippen LogP contribution in [0.4, 0.5) is 11.6 Å². The zero-order valence-corrected chi connectivity index (χ0v) is 8.39. The van der Waals surface area contributed by atoms with E-state index in [0.29, 0.717) is 11.6 Å². The Balaban J connectivity index is 1.96. The van der Waals surface area contributed by atoms with Crippen molar-refractivity contribution in [2.45, 2.75) is 13.8 Å². The van der Waals surface area contributed by atoms with Gasteiger partial charge in [-0.05, 0) is 13.8 Å². The molecule has 2 heterocycles. The van der Waals surface area contributed by atoms with E-state index in [1.54, 1.807) is 19.1 Å². The minimum Gasteiger partial charge on any atom is -0.360 e. The topological polar surface area (TPSA) is 76.5 Å². The van der Waals surface area contributed by atoms with E-state index in [1.807, 2.05) is 6.92 Å². The summed E-state index contributed by atoms with van der Waals surface area (Å²) in [5, 5.41) is 10.3. The molecule has 0 aliphatic rings. The van der Waals surface area contributed by atoms with Crippen LogP contribution in [-0.4, -0.2) is 16.7 Å². The summed E-state index contributed by atoms with van der Waals surface area (Å²) in [6.45, 7) is 3.62. The van der Waals surface area contributed by atoms with Crippen molar-refractivity contribution in [3.63, 3.8) is 0 Å². The van der Waals surface area contributed by atoms with Crippen LogP contribution in [0.5, 0.6) is 0 Å². The van der Waals surface area contributed by atoms with E-state index in [4.69, 9.17) is 9.05 Å². The number of hydrogen-bond acceptors (Lipinski definition) is 5. The number of nitrogens with one attached hydrogen (secondary N) is 1. The zero-order chi connectivity index (χ0) is 10.7. The van der Waals surface area contributed by atoms with Crippen molar-refractivity contribution in [3.8, 4) is 0 Å². The van der Waals surface area contributed by atoms with E-state index >= 15 is 0 Å². The molecule has 78 valence electrons. The first-order chi connectivity index (χ1) is 7.24. The number of rotatable bonds is 3. The molecule has 0 bridgehead atoms. The van der Waals surface area contributed by atoms with Gasteiger partial charge in [-0.1, -0.05) is 10.3 Å². The maximum Gasteiger partial charge on any atom is 0.196 e. The van der Waals surface area contributed by atoms with Crippen LogP contribution in [0, 0.1) is 13.8 Å². The highest BCUT2D eigenvalue weighted by Gasteiger charge is 1.97. The smallest absolute Gasteiger partial charge is 0.196 e. The summed E-state index contributed by atoms with van der Waals surface area (Å²) in [4.78, 5) is 4.01. The Morgan fingerprint density at radius 3 is 2.53 bits per heavy atom. The van der Waals surface area contributed by atoms with Crippen molar-refractivity contribution in [1.82, 2.24) is 10.3 Å². The lowest BCUT2D eigenvalue weighted by Crippen LogP contribution is -1.93. The highest BCUT2D eigenvalue weighted by Crippen LogP contribution is 2.10. The van der Waals surface area contributed by atoms with Crippen molar-refractivity contribution in [2.75, 3.05) is 5.32 Å². The monoisotopic (exact) mass is 206 g/mol. The number of aryl methyl sites for hydroxylation is 2. The summed E-state index contributed by atoms with van der Waals surface area (Å²) in [6.07, 6.45) is 1.48. The van der Waals surface area contributed by atoms with Gasteiger partial charge in [0.2, 0.25) is 0 Å². The predicted octanol–water partition coefficient (Wildman–Crippen LogP) is 2.05. The third kappa shape index (κ3) is 2.43. The molecule has 0 aliphatic heterocycles. The van der Waals surface area contributed by atoms with Crippen LogP contribution in [0.15, 0.2) is 26.2 Å². The highest BCUT2D eigenvalue weighted by atomic mass is 16.5. The molecule has 6 nitrogen and oxygen atoms in total. The molecule has 0 aromatic carbocycles. The van der Waals surface area contributed by atoms with Crippen LogP contribution in [0.1, 0.15) is 11.5 Å². The quantitative estimate of drug-likeness (QED) is 0.614. The summed E-state index contributed by atoms with van der Waals surface area (Å²) in [6, 6.07) is 3.49. The van der Waals surface area contributed by atoms with Gasteiger partial charge >= 0.3 is 0 Å². The van der Waals surface area contributed by atoms with E-state index in [2.05, 4.69) is 20.6 Å². The van der Waals surface area contributed by atoms with Crippen molar-refractivity contribution < 1.29 is 9.05 Å². The normalized spacial score (nSPS) is 11.1. The van der Waals surface area contributed by atoms with Crippen LogP contribution >= 0.6 is 0 Å². The number of hydrogen-bond donors (Lipinski definition) is 1. The molecule has 2 aromatic rings. The van der Waals surface area contributed by atoms with Gasteiger partial charge in [0.25, 0.3) is 0 Å². The second-order valence-corrected chi connectivity index (χ2v) is 3.02. The van der Waals surface area contributed by atoms with Gasteiger partial charge in [0.1, 0.15) is 11.5 Å². The summed E-state index contributed by atoms with van der Waals surface area (Å²) in [7, 11) is 0. The van der Waals surface area contributed by atoms with E-state index < -0.39 is 0 Å². The molecule has 0 amide bonds. The first-order valence-electron chi connectivity index (χ1n) is 4.40. The van der Waals surface area contributed by atoms with Crippen LogP contribution in [-0.2, 0) is 0 Å². The van der Waals surface area contributed by atoms with Crippen LogP contribution in [0.25, 0.3) is 0 Å².